The summed E-state index contributed by atoms with van der Waals surface area (Å²) >= 11 is 0. The van der Waals surface area contributed by atoms with E-state index in [0.717, 1.165) is 25.8 Å². The second-order valence-electron chi connectivity index (χ2n) is 5.35. The highest BCUT2D eigenvalue weighted by Gasteiger charge is 2.28. The quantitative estimate of drug-likeness (QED) is 0.679. The van der Waals surface area contributed by atoms with Crippen LogP contribution in [0, 0.1) is 16.7 Å². The minimum atomic E-state index is -0.587. The van der Waals surface area contributed by atoms with Crippen molar-refractivity contribution in [1.29, 1.82) is 5.26 Å². The molecule has 1 fully saturated rings. The van der Waals surface area contributed by atoms with E-state index in [1.165, 1.54) is 0 Å². The summed E-state index contributed by atoms with van der Waals surface area (Å²) in [6, 6.07) is 2.29. The Bertz CT molecular complexity index is 250. The first-order valence-corrected chi connectivity index (χ1v) is 5.94. The van der Waals surface area contributed by atoms with E-state index in [9.17, 15) is 10.2 Å². The highest BCUT2D eigenvalue weighted by Crippen LogP contribution is 2.22. The molecule has 0 saturated carbocycles. The molecule has 4 nitrogen and oxygen atoms in total. The van der Waals surface area contributed by atoms with E-state index in [-0.39, 0.29) is 5.41 Å². The molecule has 0 radical (unpaired) electrons. The molecule has 0 amide bonds. The van der Waals surface area contributed by atoms with Gasteiger partial charge in [-0.15, -0.1) is 0 Å². The Balaban J connectivity index is 2.11. The lowest BCUT2D eigenvalue weighted by Crippen LogP contribution is -2.23. The predicted molar refractivity (Wildman–Crippen MR) is 61.7 cm³/mol. The van der Waals surface area contributed by atoms with Crippen LogP contribution in [0.15, 0.2) is 0 Å². The van der Waals surface area contributed by atoms with Crippen molar-refractivity contribution in [1.82, 2.24) is 4.90 Å². The molecule has 0 aromatic rings. The Labute approximate surface area is 97.5 Å². The number of likely N-dealkylation sites (tertiary alicyclic amines) is 1. The molecule has 1 rings (SSSR count). The minimum absolute atomic E-state index is 0.232. The van der Waals surface area contributed by atoms with Crippen LogP contribution < -0.4 is 0 Å². The average molecular weight is 226 g/mol. The first-order valence-electron chi connectivity index (χ1n) is 5.94. The zero-order valence-corrected chi connectivity index (χ0v) is 10.2. The lowest BCUT2D eigenvalue weighted by Gasteiger charge is -2.17. The molecule has 16 heavy (non-hydrogen) atoms. The second-order valence-corrected chi connectivity index (χ2v) is 5.35. The summed E-state index contributed by atoms with van der Waals surface area (Å²) in [6.45, 7) is 5.95. The van der Waals surface area contributed by atoms with Crippen LogP contribution >= 0.6 is 0 Å². The summed E-state index contributed by atoms with van der Waals surface area (Å²) in [4.78, 5) is 2.08. The molecule has 0 spiro atoms. The lowest BCUT2D eigenvalue weighted by atomic mass is 9.89. The summed E-state index contributed by atoms with van der Waals surface area (Å²) in [5.41, 5.74) is -0.232. The van der Waals surface area contributed by atoms with Gasteiger partial charge >= 0.3 is 0 Å². The van der Waals surface area contributed by atoms with Crippen molar-refractivity contribution in [2.75, 3.05) is 19.6 Å². The van der Waals surface area contributed by atoms with Crippen molar-refractivity contribution >= 4 is 0 Å². The third-order valence-corrected chi connectivity index (χ3v) is 3.16. The molecule has 1 aliphatic heterocycles. The van der Waals surface area contributed by atoms with Gasteiger partial charge in [0.15, 0.2) is 0 Å². The largest absolute Gasteiger partial charge is 0.389 e. The number of unbranched alkanes of at least 4 members (excludes halogenated alkanes) is 1. The summed E-state index contributed by atoms with van der Waals surface area (Å²) in [7, 11) is 0. The van der Waals surface area contributed by atoms with Gasteiger partial charge in [-0.05, 0) is 33.2 Å². The van der Waals surface area contributed by atoms with E-state index < -0.39 is 12.2 Å². The summed E-state index contributed by atoms with van der Waals surface area (Å²) < 4.78 is 0. The Kier molecular flexibility index (Phi) is 4.72. The van der Waals surface area contributed by atoms with Gasteiger partial charge in [-0.25, -0.2) is 0 Å². The number of hydrogen-bond acceptors (Lipinski definition) is 4. The molecule has 2 atom stereocenters. The number of rotatable bonds is 5. The van der Waals surface area contributed by atoms with Gasteiger partial charge in [0.25, 0.3) is 0 Å². The molecular weight excluding hydrogens is 204 g/mol. The first kappa shape index (κ1) is 13.4. The Morgan fingerprint density at radius 1 is 1.25 bits per heavy atom. The monoisotopic (exact) mass is 226 g/mol. The number of nitrogens with zero attached hydrogens (tertiary/aromatic N) is 2. The Morgan fingerprint density at radius 3 is 2.31 bits per heavy atom. The molecular formula is C12H22N2O2. The van der Waals surface area contributed by atoms with Crippen LogP contribution in [0.4, 0.5) is 0 Å². The van der Waals surface area contributed by atoms with E-state index in [0.29, 0.717) is 13.1 Å². The van der Waals surface area contributed by atoms with Crippen LogP contribution in [0.5, 0.6) is 0 Å². The maximum atomic E-state index is 9.36. The molecule has 1 heterocycles. The van der Waals surface area contributed by atoms with Crippen molar-refractivity contribution in [2.24, 2.45) is 5.41 Å². The SMILES string of the molecule is CC(C)(C#N)CCCCN1C[C@@H](O)[C@@H](O)C1. The molecule has 1 saturated heterocycles. The minimum Gasteiger partial charge on any atom is -0.389 e. The molecule has 0 aromatic carbocycles. The van der Waals surface area contributed by atoms with E-state index in [2.05, 4.69) is 11.0 Å². The molecule has 0 aromatic heterocycles. The zero-order chi connectivity index (χ0) is 12.2. The standard InChI is InChI=1S/C12H22N2O2/c1-12(2,9-13)5-3-4-6-14-7-10(15)11(16)8-14/h10-11,15-16H,3-8H2,1-2H3/t10-,11+. The Morgan fingerprint density at radius 2 is 1.81 bits per heavy atom. The van der Waals surface area contributed by atoms with E-state index in [4.69, 9.17) is 5.26 Å². The van der Waals surface area contributed by atoms with Gasteiger partial charge in [-0.1, -0.05) is 6.42 Å². The lowest BCUT2D eigenvalue weighted by molar-refractivity contribution is 0.0572. The van der Waals surface area contributed by atoms with Crippen LogP contribution in [0.1, 0.15) is 33.1 Å². The highest BCUT2D eigenvalue weighted by molar-refractivity contribution is 4.91. The van der Waals surface area contributed by atoms with Gasteiger partial charge in [0.1, 0.15) is 0 Å². The van der Waals surface area contributed by atoms with Gasteiger partial charge in [0, 0.05) is 13.1 Å². The average Bonchev–Trinajstić information content (AvgIpc) is 2.54. The highest BCUT2D eigenvalue weighted by atomic mass is 16.3. The summed E-state index contributed by atoms with van der Waals surface area (Å²) in [6.07, 6.45) is 1.77. The van der Waals surface area contributed by atoms with Gasteiger partial charge < -0.3 is 10.2 Å². The fourth-order valence-corrected chi connectivity index (χ4v) is 1.99. The van der Waals surface area contributed by atoms with Crippen molar-refractivity contribution in [3.8, 4) is 6.07 Å². The third kappa shape index (κ3) is 4.09. The van der Waals surface area contributed by atoms with E-state index in [1.54, 1.807) is 0 Å². The maximum Gasteiger partial charge on any atom is 0.0938 e. The summed E-state index contributed by atoms with van der Waals surface area (Å²) in [5.74, 6) is 0. The predicted octanol–water partition coefficient (Wildman–Crippen LogP) is 0.744. The number of aliphatic hydroxyl groups is 2. The van der Waals surface area contributed by atoms with E-state index in [1.807, 2.05) is 13.8 Å². The van der Waals surface area contributed by atoms with Crippen LogP contribution in [-0.4, -0.2) is 47.0 Å². The molecule has 1 aliphatic rings. The number of hydrogen-bond donors (Lipinski definition) is 2. The number of β-amino-alcohol motifs (C(OH)–C–C–N with tert-alkyl or cyclic N) is 2. The molecule has 4 heteroatoms. The molecule has 0 bridgehead atoms. The Hall–Kier alpha value is -0.630. The molecule has 92 valence electrons. The van der Waals surface area contributed by atoms with Crippen LogP contribution in [0.25, 0.3) is 0 Å². The zero-order valence-electron chi connectivity index (χ0n) is 10.2. The second kappa shape index (κ2) is 5.62. The molecule has 0 unspecified atom stereocenters. The van der Waals surface area contributed by atoms with Gasteiger partial charge in [-0.2, -0.15) is 5.26 Å². The van der Waals surface area contributed by atoms with E-state index >= 15 is 0 Å². The molecule has 2 N–H and O–H groups in total. The number of aliphatic hydroxyl groups excluding tert-OH is 2. The first-order chi connectivity index (χ1) is 7.44. The van der Waals surface area contributed by atoms with Crippen LogP contribution in [-0.2, 0) is 0 Å². The topological polar surface area (TPSA) is 67.5 Å². The molecule has 0 aliphatic carbocycles. The van der Waals surface area contributed by atoms with Crippen LogP contribution in [0.2, 0.25) is 0 Å². The van der Waals surface area contributed by atoms with Gasteiger partial charge in [0.05, 0.1) is 23.7 Å². The summed E-state index contributed by atoms with van der Waals surface area (Å²) in [5, 5.41) is 27.6. The van der Waals surface area contributed by atoms with Crippen molar-refractivity contribution in [3.63, 3.8) is 0 Å². The third-order valence-electron chi connectivity index (χ3n) is 3.16. The normalized spacial score (nSPS) is 26.9. The van der Waals surface area contributed by atoms with Crippen molar-refractivity contribution < 1.29 is 10.2 Å². The fourth-order valence-electron chi connectivity index (χ4n) is 1.99. The number of nitriles is 1. The maximum absolute atomic E-state index is 9.36. The van der Waals surface area contributed by atoms with Crippen molar-refractivity contribution in [2.45, 2.75) is 45.3 Å². The van der Waals surface area contributed by atoms with Gasteiger partial charge in [-0.3, -0.25) is 4.90 Å². The van der Waals surface area contributed by atoms with Crippen molar-refractivity contribution in [3.05, 3.63) is 0 Å². The van der Waals surface area contributed by atoms with Crippen LogP contribution in [0.3, 0.4) is 0 Å². The van der Waals surface area contributed by atoms with Gasteiger partial charge in [0.2, 0.25) is 0 Å². The fraction of sp³-hybridized carbons (Fsp3) is 0.917. The smallest absolute Gasteiger partial charge is 0.0938 e.